The highest BCUT2D eigenvalue weighted by Gasteiger charge is 2.20. The van der Waals surface area contributed by atoms with Gasteiger partial charge in [-0.05, 0) is 37.0 Å². The quantitative estimate of drug-likeness (QED) is 0.508. The first-order valence-electron chi connectivity index (χ1n) is 7.32. The van der Waals surface area contributed by atoms with Gasteiger partial charge < -0.3 is 5.21 Å². The number of para-hydroxylation sites is 1. The van der Waals surface area contributed by atoms with Crippen molar-refractivity contribution < 1.29 is 15.2 Å². The Hall–Kier alpha value is -2.27. The lowest BCUT2D eigenvalue weighted by molar-refractivity contribution is -0.991. The van der Waals surface area contributed by atoms with Gasteiger partial charge in [0.15, 0.2) is 11.5 Å². The summed E-state index contributed by atoms with van der Waals surface area (Å²) in [4.78, 5) is 12.7. The van der Waals surface area contributed by atoms with Crippen LogP contribution in [0.25, 0.3) is 6.08 Å². The minimum atomic E-state index is -0.978. The zero-order chi connectivity index (χ0) is 15.5. The van der Waals surface area contributed by atoms with Gasteiger partial charge in [-0.3, -0.25) is 4.79 Å². The van der Waals surface area contributed by atoms with Gasteiger partial charge in [0, 0.05) is 22.8 Å². The number of aryl methyl sites for hydroxylation is 1. The molecule has 3 rings (SSSR count). The van der Waals surface area contributed by atoms with Crippen molar-refractivity contribution in [2.75, 3.05) is 0 Å². The maximum atomic E-state index is 12.7. The second kappa shape index (κ2) is 6.23. The molecule has 2 aromatic rings. The Morgan fingerprint density at radius 1 is 1.05 bits per heavy atom. The summed E-state index contributed by atoms with van der Waals surface area (Å²) in [5, 5.41) is 19.6. The summed E-state index contributed by atoms with van der Waals surface area (Å²) in [7, 11) is 0. The third kappa shape index (κ3) is 2.85. The van der Waals surface area contributed by atoms with Gasteiger partial charge in [-0.2, -0.15) is 5.23 Å². The molecule has 2 N–H and O–H groups in total. The molecule has 1 aliphatic rings. The summed E-state index contributed by atoms with van der Waals surface area (Å²) >= 11 is 0. The zero-order valence-electron chi connectivity index (χ0n) is 12.1. The number of quaternary nitrogens is 1. The van der Waals surface area contributed by atoms with E-state index >= 15 is 0 Å². The second-order valence-electron chi connectivity index (χ2n) is 5.40. The maximum Gasteiger partial charge on any atom is 0.189 e. The first-order valence-corrected chi connectivity index (χ1v) is 7.32. The lowest BCUT2D eigenvalue weighted by Gasteiger charge is -2.14. The Kier molecular flexibility index (Phi) is 4.15. The van der Waals surface area contributed by atoms with E-state index in [1.54, 1.807) is 30.3 Å². The molecule has 0 bridgehead atoms. The highest BCUT2D eigenvalue weighted by Crippen LogP contribution is 2.26. The van der Waals surface area contributed by atoms with Gasteiger partial charge in [0.25, 0.3) is 0 Å². The van der Waals surface area contributed by atoms with Crippen molar-refractivity contribution in [2.45, 2.75) is 19.3 Å². The first kappa shape index (κ1) is 14.7. The molecular weight excluding hydrogens is 278 g/mol. The number of nitrogens with one attached hydrogen (secondary N) is 1. The topological polar surface area (TPSA) is 64.8 Å². The van der Waals surface area contributed by atoms with Crippen LogP contribution in [0.4, 0.5) is 5.69 Å². The van der Waals surface area contributed by atoms with Crippen molar-refractivity contribution in [2.24, 2.45) is 0 Å². The summed E-state index contributed by atoms with van der Waals surface area (Å²) < 4.78 is 0. The SMILES string of the molecule is O=C1/C(=C/c2ccccc2[NH+]([O-])O)CCCc2ccccc21. The van der Waals surface area contributed by atoms with Crippen LogP contribution in [0.15, 0.2) is 54.1 Å². The molecule has 4 heteroatoms. The highest BCUT2D eigenvalue weighted by atomic mass is 16.8. The van der Waals surface area contributed by atoms with E-state index in [2.05, 4.69) is 0 Å². The smallest absolute Gasteiger partial charge is 0.189 e. The molecule has 1 aliphatic carbocycles. The Morgan fingerprint density at radius 2 is 1.77 bits per heavy atom. The van der Waals surface area contributed by atoms with Gasteiger partial charge >= 0.3 is 0 Å². The lowest BCUT2D eigenvalue weighted by atomic mass is 9.98. The molecule has 1 unspecified atom stereocenters. The van der Waals surface area contributed by atoms with Crippen molar-refractivity contribution >= 4 is 17.5 Å². The number of Topliss-reactive ketones (excluding diaryl/α,β-unsaturated/α-hetero) is 1. The average molecular weight is 295 g/mol. The predicted octanol–water partition coefficient (Wildman–Crippen LogP) is 2.69. The first-order chi connectivity index (χ1) is 10.7. The Labute approximate surface area is 128 Å². The molecule has 0 aromatic heterocycles. The molecule has 0 saturated carbocycles. The molecule has 0 fully saturated rings. The van der Waals surface area contributed by atoms with E-state index in [1.807, 2.05) is 24.3 Å². The van der Waals surface area contributed by atoms with Crippen molar-refractivity contribution in [1.82, 2.24) is 0 Å². The molecule has 0 amide bonds. The zero-order valence-corrected chi connectivity index (χ0v) is 12.1. The van der Waals surface area contributed by atoms with E-state index < -0.39 is 5.23 Å². The van der Waals surface area contributed by atoms with Crippen molar-refractivity contribution in [3.05, 3.63) is 76.0 Å². The molecule has 0 aliphatic heterocycles. The number of hydrogen-bond acceptors (Lipinski definition) is 3. The summed E-state index contributed by atoms with van der Waals surface area (Å²) in [6.45, 7) is 0. The van der Waals surface area contributed by atoms with Gasteiger partial charge in [0.1, 0.15) is 0 Å². The number of fused-ring (bicyclic) bond motifs is 1. The number of carbonyl (C=O) groups excluding carboxylic acids is 1. The summed E-state index contributed by atoms with van der Waals surface area (Å²) in [6, 6.07) is 14.4. The highest BCUT2D eigenvalue weighted by molar-refractivity contribution is 6.12. The maximum absolute atomic E-state index is 12.7. The Balaban J connectivity index is 2.04. The molecule has 2 aromatic carbocycles. The summed E-state index contributed by atoms with van der Waals surface area (Å²) in [6.07, 6.45) is 4.17. The minimum absolute atomic E-state index is 0.00768. The fraction of sp³-hybridized carbons (Fsp3) is 0.167. The third-order valence-corrected chi connectivity index (χ3v) is 3.97. The van der Waals surface area contributed by atoms with Gasteiger partial charge in [-0.25, -0.2) is 5.21 Å². The van der Waals surface area contributed by atoms with Crippen LogP contribution >= 0.6 is 0 Å². The fourth-order valence-corrected chi connectivity index (χ4v) is 2.86. The predicted molar refractivity (Wildman–Crippen MR) is 83.9 cm³/mol. The second-order valence-corrected chi connectivity index (χ2v) is 5.40. The van der Waals surface area contributed by atoms with E-state index in [9.17, 15) is 15.2 Å². The lowest BCUT2D eigenvalue weighted by Crippen LogP contribution is -2.99. The largest absolute Gasteiger partial charge is 0.595 e. The van der Waals surface area contributed by atoms with Crippen molar-refractivity contribution in [3.8, 4) is 0 Å². The number of benzene rings is 2. The van der Waals surface area contributed by atoms with Gasteiger partial charge in [-0.1, -0.05) is 36.4 Å². The molecule has 0 radical (unpaired) electrons. The van der Waals surface area contributed by atoms with E-state index in [0.29, 0.717) is 17.6 Å². The van der Waals surface area contributed by atoms with Crippen LogP contribution in [0.3, 0.4) is 0 Å². The van der Waals surface area contributed by atoms with E-state index in [1.165, 1.54) is 0 Å². The van der Waals surface area contributed by atoms with Gasteiger partial charge in [0.05, 0.1) is 0 Å². The van der Waals surface area contributed by atoms with Crippen LogP contribution in [0, 0.1) is 5.21 Å². The number of allylic oxidation sites excluding steroid dienone is 1. The van der Waals surface area contributed by atoms with Crippen LogP contribution in [0.5, 0.6) is 0 Å². The number of carbonyl (C=O) groups is 1. The third-order valence-electron chi connectivity index (χ3n) is 3.97. The molecule has 0 heterocycles. The van der Waals surface area contributed by atoms with E-state index in [0.717, 1.165) is 24.0 Å². The van der Waals surface area contributed by atoms with E-state index in [-0.39, 0.29) is 11.5 Å². The number of rotatable bonds is 2. The van der Waals surface area contributed by atoms with Gasteiger partial charge in [-0.15, -0.1) is 0 Å². The van der Waals surface area contributed by atoms with Crippen LogP contribution in [0.1, 0.15) is 34.3 Å². The Morgan fingerprint density at radius 3 is 2.59 bits per heavy atom. The monoisotopic (exact) mass is 295 g/mol. The molecule has 0 spiro atoms. The molecule has 1 atom stereocenters. The van der Waals surface area contributed by atoms with Crippen LogP contribution in [-0.4, -0.2) is 11.0 Å². The van der Waals surface area contributed by atoms with Crippen LogP contribution in [-0.2, 0) is 6.42 Å². The van der Waals surface area contributed by atoms with Crippen molar-refractivity contribution in [3.63, 3.8) is 0 Å². The molecule has 4 nitrogen and oxygen atoms in total. The summed E-state index contributed by atoms with van der Waals surface area (Å²) in [5.41, 5.74) is 3.29. The standard InChI is InChI=1S/C18H17NO3/c20-18-15(9-5-8-13-6-1-3-10-16(13)18)12-14-7-2-4-11-17(14)19(21)22/h1-4,6-7,10-12,19,21H,5,8-9H2/b15-12+. The van der Waals surface area contributed by atoms with Crippen molar-refractivity contribution in [1.29, 1.82) is 0 Å². The normalized spacial score (nSPS) is 17.9. The fourth-order valence-electron chi connectivity index (χ4n) is 2.86. The Bertz CT molecular complexity index is 735. The number of hydrogen-bond donors (Lipinski definition) is 2. The molecule has 112 valence electrons. The minimum Gasteiger partial charge on any atom is -0.595 e. The van der Waals surface area contributed by atoms with Gasteiger partial charge in [0.2, 0.25) is 0 Å². The average Bonchev–Trinajstić information content (AvgIpc) is 2.68. The van der Waals surface area contributed by atoms with Crippen LogP contribution < -0.4 is 5.23 Å². The number of ketones is 1. The molecular formula is C18H17NO3. The van der Waals surface area contributed by atoms with E-state index in [4.69, 9.17) is 0 Å². The summed E-state index contributed by atoms with van der Waals surface area (Å²) in [5.74, 6) is 0.00768. The van der Waals surface area contributed by atoms with Crippen LogP contribution in [0.2, 0.25) is 0 Å². The molecule has 0 saturated heterocycles. The molecule has 22 heavy (non-hydrogen) atoms.